The fourth-order valence-corrected chi connectivity index (χ4v) is 2.75. The average Bonchev–Trinajstić information content (AvgIpc) is 2.42. The monoisotopic (exact) mass is 297 g/mol. The maximum atomic E-state index is 6.43. The molecule has 0 fully saturated rings. The molecular weight excluding hydrogens is 274 g/mol. The van der Waals surface area contributed by atoms with Crippen molar-refractivity contribution in [1.82, 2.24) is 5.32 Å². The molecule has 0 bridgehead atoms. The molecule has 1 aromatic carbocycles. The zero-order chi connectivity index (χ0) is 14.5. The molecule has 1 unspecified atom stereocenters. The van der Waals surface area contributed by atoms with Crippen LogP contribution >= 0.6 is 11.6 Å². The van der Waals surface area contributed by atoms with E-state index in [0.717, 1.165) is 35.1 Å². The van der Waals surface area contributed by atoms with Crippen molar-refractivity contribution in [2.75, 3.05) is 19.8 Å². The summed E-state index contributed by atoms with van der Waals surface area (Å²) in [6, 6.07) is 4.18. The quantitative estimate of drug-likeness (QED) is 0.853. The van der Waals surface area contributed by atoms with Gasteiger partial charge >= 0.3 is 0 Å². The Kier molecular flexibility index (Phi) is 5.55. The Hall–Kier alpha value is -0.930. The van der Waals surface area contributed by atoms with Crippen molar-refractivity contribution in [2.45, 2.75) is 39.7 Å². The van der Waals surface area contributed by atoms with Crippen LogP contribution in [0.2, 0.25) is 5.02 Å². The summed E-state index contributed by atoms with van der Waals surface area (Å²) in [6.07, 6.45) is 2.24. The Bertz CT molecular complexity index is 448. The van der Waals surface area contributed by atoms with Gasteiger partial charge in [0.25, 0.3) is 0 Å². The van der Waals surface area contributed by atoms with Crippen molar-refractivity contribution in [2.24, 2.45) is 5.92 Å². The molecule has 1 N–H and O–H groups in total. The normalized spacial score (nSPS) is 15.4. The van der Waals surface area contributed by atoms with Crippen molar-refractivity contribution in [3.8, 4) is 11.5 Å². The van der Waals surface area contributed by atoms with E-state index in [9.17, 15) is 0 Å². The molecule has 0 amide bonds. The van der Waals surface area contributed by atoms with Gasteiger partial charge in [-0.15, -0.1) is 0 Å². The fraction of sp³-hybridized carbons (Fsp3) is 0.625. The average molecular weight is 298 g/mol. The predicted molar refractivity (Wildman–Crippen MR) is 82.9 cm³/mol. The second kappa shape index (κ2) is 7.19. The summed E-state index contributed by atoms with van der Waals surface area (Å²) in [5.41, 5.74) is 1.11. The Morgan fingerprint density at radius 3 is 2.40 bits per heavy atom. The molecule has 0 saturated heterocycles. The van der Waals surface area contributed by atoms with Crippen molar-refractivity contribution in [1.29, 1.82) is 0 Å². The third-order valence-corrected chi connectivity index (χ3v) is 3.85. The number of nitrogens with one attached hydrogen (secondary N) is 1. The van der Waals surface area contributed by atoms with E-state index in [1.165, 1.54) is 6.42 Å². The molecule has 0 spiro atoms. The minimum absolute atomic E-state index is 0.269. The van der Waals surface area contributed by atoms with Gasteiger partial charge in [-0.05, 0) is 36.9 Å². The minimum Gasteiger partial charge on any atom is -0.486 e. The third-order valence-electron chi connectivity index (χ3n) is 3.52. The zero-order valence-electron chi connectivity index (χ0n) is 12.5. The summed E-state index contributed by atoms with van der Waals surface area (Å²) < 4.78 is 11.2. The van der Waals surface area contributed by atoms with Crippen LogP contribution in [0.4, 0.5) is 0 Å². The van der Waals surface area contributed by atoms with Crippen LogP contribution in [0.1, 0.15) is 45.2 Å². The lowest BCUT2D eigenvalue weighted by Crippen LogP contribution is -2.22. The SMILES string of the molecule is CCNC(CCC(C)C)c1cc2c(cc1Cl)OCCO2. The van der Waals surface area contributed by atoms with Gasteiger partial charge in [0.2, 0.25) is 0 Å². The summed E-state index contributed by atoms with van der Waals surface area (Å²) >= 11 is 6.43. The maximum Gasteiger partial charge on any atom is 0.162 e. The van der Waals surface area contributed by atoms with Crippen LogP contribution in [0.5, 0.6) is 11.5 Å². The lowest BCUT2D eigenvalue weighted by atomic mass is 9.97. The first-order valence-corrected chi connectivity index (χ1v) is 7.82. The Morgan fingerprint density at radius 2 is 1.80 bits per heavy atom. The number of fused-ring (bicyclic) bond motifs is 1. The van der Waals surface area contributed by atoms with Crippen LogP contribution in [0.3, 0.4) is 0 Å². The molecule has 0 aliphatic carbocycles. The molecule has 1 heterocycles. The van der Waals surface area contributed by atoms with Gasteiger partial charge in [0.1, 0.15) is 13.2 Å². The third kappa shape index (κ3) is 3.80. The molecule has 1 aromatic rings. The molecule has 0 aromatic heterocycles. The van der Waals surface area contributed by atoms with E-state index in [1.807, 2.05) is 12.1 Å². The van der Waals surface area contributed by atoms with E-state index < -0.39 is 0 Å². The van der Waals surface area contributed by atoms with Crippen LogP contribution in [-0.4, -0.2) is 19.8 Å². The van der Waals surface area contributed by atoms with Gasteiger partial charge in [0.05, 0.1) is 0 Å². The molecule has 1 aliphatic heterocycles. The van der Waals surface area contributed by atoms with E-state index in [-0.39, 0.29) is 6.04 Å². The first-order chi connectivity index (χ1) is 9.61. The van der Waals surface area contributed by atoms with Gasteiger partial charge in [-0.1, -0.05) is 32.4 Å². The summed E-state index contributed by atoms with van der Waals surface area (Å²) in [6.45, 7) is 8.73. The van der Waals surface area contributed by atoms with Crippen LogP contribution in [0.25, 0.3) is 0 Å². The number of benzene rings is 1. The van der Waals surface area contributed by atoms with Crippen LogP contribution in [0.15, 0.2) is 12.1 Å². The highest BCUT2D eigenvalue weighted by molar-refractivity contribution is 6.31. The molecule has 2 rings (SSSR count). The molecule has 0 radical (unpaired) electrons. The number of halogens is 1. The van der Waals surface area contributed by atoms with Gasteiger partial charge < -0.3 is 14.8 Å². The number of ether oxygens (including phenoxy) is 2. The first kappa shape index (κ1) is 15.5. The predicted octanol–water partition coefficient (Wildman–Crippen LogP) is 4.20. The highest BCUT2D eigenvalue weighted by Crippen LogP contribution is 2.38. The molecular formula is C16H24ClNO2. The Labute approximate surface area is 126 Å². The van der Waals surface area contributed by atoms with Crippen LogP contribution in [0, 0.1) is 5.92 Å². The van der Waals surface area contributed by atoms with Gasteiger partial charge in [-0.2, -0.15) is 0 Å². The summed E-state index contributed by atoms with van der Waals surface area (Å²) in [4.78, 5) is 0. The van der Waals surface area contributed by atoms with Gasteiger partial charge in [-0.25, -0.2) is 0 Å². The molecule has 20 heavy (non-hydrogen) atoms. The summed E-state index contributed by atoms with van der Waals surface area (Å²) in [7, 11) is 0. The molecule has 0 saturated carbocycles. The summed E-state index contributed by atoms with van der Waals surface area (Å²) in [5.74, 6) is 2.25. The van der Waals surface area contributed by atoms with Crippen LogP contribution in [-0.2, 0) is 0 Å². The van der Waals surface area contributed by atoms with Crippen molar-refractivity contribution in [3.05, 3.63) is 22.7 Å². The Morgan fingerprint density at radius 1 is 1.15 bits per heavy atom. The maximum absolute atomic E-state index is 6.43. The fourth-order valence-electron chi connectivity index (χ4n) is 2.46. The molecule has 1 atom stereocenters. The zero-order valence-corrected chi connectivity index (χ0v) is 13.3. The minimum atomic E-state index is 0.269. The van der Waals surface area contributed by atoms with E-state index in [0.29, 0.717) is 19.1 Å². The van der Waals surface area contributed by atoms with E-state index in [4.69, 9.17) is 21.1 Å². The van der Waals surface area contributed by atoms with Gasteiger partial charge in [0.15, 0.2) is 11.5 Å². The van der Waals surface area contributed by atoms with E-state index in [2.05, 4.69) is 26.1 Å². The highest BCUT2D eigenvalue weighted by atomic mass is 35.5. The topological polar surface area (TPSA) is 30.5 Å². The second-order valence-corrected chi connectivity index (χ2v) is 6.01. The largest absolute Gasteiger partial charge is 0.486 e. The standard InChI is InChI=1S/C16H24ClNO2/c1-4-18-14(6-5-11(2)3)12-9-15-16(10-13(12)17)20-8-7-19-15/h9-11,14,18H,4-8H2,1-3H3. The highest BCUT2D eigenvalue weighted by Gasteiger charge is 2.20. The lowest BCUT2D eigenvalue weighted by molar-refractivity contribution is 0.171. The number of hydrogen-bond donors (Lipinski definition) is 1. The summed E-state index contributed by atoms with van der Waals surface area (Å²) in [5, 5.41) is 4.27. The van der Waals surface area contributed by atoms with Gasteiger partial charge in [0, 0.05) is 17.1 Å². The smallest absolute Gasteiger partial charge is 0.162 e. The number of rotatable bonds is 6. The first-order valence-electron chi connectivity index (χ1n) is 7.44. The second-order valence-electron chi connectivity index (χ2n) is 5.60. The van der Waals surface area contributed by atoms with Crippen molar-refractivity contribution >= 4 is 11.6 Å². The lowest BCUT2D eigenvalue weighted by Gasteiger charge is -2.24. The van der Waals surface area contributed by atoms with Crippen molar-refractivity contribution < 1.29 is 9.47 Å². The van der Waals surface area contributed by atoms with E-state index >= 15 is 0 Å². The molecule has 112 valence electrons. The van der Waals surface area contributed by atoms with Crippen molar-refractivity contribution in [3.63, 3.8) is 0 Å². The Balaban J connectivity index is 2.22. The van der Waals surface area contributed by atoms with Gasteiger partial charge in [-0.3, -0.25) is 0 Å². The number of hydrogen-bond acceptors (Lipinski definition) is 3. The molecule has 4 heteroatoms. The van der Waals surface area contributed by atoms with Crippen LogP contribution < -0.4 is 14.8 Å². The molecule has 1 aliphatic rings. The molecule has 3 nitrogen and oxygen atoms in total. The van der Waals surface area contributed by atoms with E-state index in [1.54, 1.807) is 0 Å².